The van der Waals surface area contributed by atoms with Crippen molar-refractivity contribution >= 4 is 192 Å². The van der Waals surface area contributed by atoms with E-state index >= 15 is 0 Å². The smallest absolute Gasteiger partial charge is 0.415 e. The van der Waals surface area contributed by atoms with Crippen LogP contribution in [-0.2, 0) is 70.9 Å². The van der Waals surface area contributed by atoms with Gasteiger partial charge in [0.05, 0.1) is 36.8 Å². The van der Waals surface area contributed by atoms with Gasteiger partial charge in [-0.15, -0.1) is 0 Å². The van der Waals surface area contributed by atoms with Gasteiger partial charge in [0.1, 0.15) is 96.8 Å². The van der Waals surface area contributed by atoms with Gasteiger partial charge in [-0.3, -0.25) is 92.8 Å². The number of nitro groups is 2. The second-order valence-electron chi connectivity index (χ2n) is 37.0. The highest BCUT2D eigenvalue weighted by Crippen LogP contribution is 2.28. The van der Waals surface area contributed by atoms with Crippen LogP contribution in [0.1, 0.15) is 79.0 Å². The molecule has 54 heteroatoms. The molecule has 5 N–H and O–H groups in total. The second-order valence-corrected chi connectivity index (χ2v) is 42.1. The van der Waals surface area contributed by atoms with E-state index in [1.54, 1.807) is 109 Å². The molecule has 5 aliphatic rings. The Morgan fingerprint density at radius 3 is 0.884 bits per heavy atom. The van der Waals surface area contributed by atoms with Crippen molar-refractivity contribution < 1.29 is 81.5 Å². The summed E-state index contributed by atoms with van der Waals surface area (Å²) in [7, 11) is 0. The number of aromatic nitrogens is 10. The Labute approximate surface area is 850 Å². The highest BCUT2D eigenvalue weighted by Gasteiger charge is 2.36. The first-order valence-electron chi connectivity index (χ1n) is 45.9. The van der Waals surface area contributed by atoms with E-state index in [0.29, 0.717) is 165 Å². The number of ether oxygens (including phenoxy) is 5. The van der Waals surface area contributed by atoms with Crippen LogP contribution >= 0.6 is 57.7 Å². The van der Waals surface area contributed by atoms with Crippen LogP contribution in [0.15, 0.2) is 132 Å². The Morgan fingerprint density at radius 1 is 0.349 bits per heavy atom. The molecule has 17 rings (SSSR count). The number of nitrogen functional groups attached to an aromatic ring is 2. The third-order valence-corrected chi connectivity index (χ3v) is 27.9. The van der Waals surface area contributed by atoms with Crippen molar-refractivity contribution in [2.24, 2.45) is 0 Å². The molecule has 0 saturated carbocycles. The molecule has 0 radical (unpaired) electrons. The van der Waals surface area contributed by atoms with E-state index in [1.165, 1.54) is 95.7 Å². The van der Waals surface area contributed by atoms with Gasteiger partial charge in [0.2, 0.25) is 35.1 Å². The van der Waals surface area contributed by atoms with Crippen molar-refractivity contribution in [2.45, 2.75) is 133 Å². The first-order chi connectivity index (χ1) is 69.0. The number of nitrogens with zero attached hydrogens (tertiary/aromatic N) is 21. The number of hydrogen-bond acceptors (Lipinski definition) is 36. The maximum absolute atomic E-state index is 12.7. The zero-order valence-electron chi connectivity index (χ0n) is 81.8. The molecule has 776 valence electrons. The number of piperazine rings is 5. The van der Waals surface area contributed by atoms with Crippen molar-refractivity contribution in [3.8, 4) is 11.5 Å². The molecule has 5 saturated heterocycles. The van der Waals surface area contributed by atoms with Crippen LogP contribution in [0.25, 0.3) is 51.1 Å². The summed E-state index contributed by atoms with van der Waals surface area (Å²) in [5.41, 5.74) is 10.2. The molecule has 10 amide bonds. The molecule has 0 unspecified atom stereocenters. The van der Waals surface area contributed by atoms with Gasteiger partial charge in [-0.25, -0.2) is 43.9 Å². The summed E-state index contributed by atoms with van der Waals surface area (Å²) >= 11 is 5.64. The van der Waals surface area contributed by atoms with Crippen molar-refractivity contribution in [1.29, 1.82) is 0 Å². The molecule has 146 heavy (non-hydrogen) atoms. The minimum Gasteiger partial charge on any atom is -0.444 e. The fourth-order valence-corrected chi connectivity index (χ4v) is 20.5. The molecule has 2 aromatic carbocycles. The summed E-state index contributed by atoms with van der Waals surface area (Å²) < 4.78 is 33.5. The number of nitro benzene ring substituents is 2. The number of aryl methyl sites for hydroxylation is 3. The van der Waals surface area contributed by atoms with Gasteiger partial charge in [0, 0.05) is 174 Å². The van der Waals surface area contributed by atoms with E-state index in [0.717, 1.165) is 51.7 Å². The van der Waals surface area contributed by atoms with E-state index in [9.17, 15) is 96.9 Å². The lowest BCUT2D eigenvalue weighted by Crippen LogP contribution is -2.52. The Bertz CT molecular complexity index is 7340. The maximum atomic E-state index is 12.7. The lowest BCUT2D eigenvalue weighted by molar-refractivity contribution is -0.385. The highest BCUT2D eigenvalue weighted by atomic mass is 32.1. The number of nitrogens with two attached hydrogens (primary N) is 2. The van der Waals surface area contributed by atoms with E-state index in [1.807, 2.05) is 62.3 Å². The van der Waals surface area contributed by atoms with Gasteiger partial charge in [-0.05, 0) is 218 Å². The van der Waals surface area contributed by atoms with Crippen LogP contribution in [0.4, 0.5) is 47.0 Å². The highest BCUT2D eigenvalue weighted by molar-refractivity contribution is 7.14. The first-order valence-corrected chi connectivity index (χ1v) is 49.8. The molecular formula is C92H108N24O25S5. The molecule has 49 nitrogen and oxygen atoms in total. The lowest BCUT2D eigenvalue weighted by atomic mass is 10.2. The predicted molar refractivity (Wildman–Crippen MR) is 543 cm³/mol. The van der Waals surface area contributed by atoms with Crippen LogP contribution in [-0.4, -0.2) is 311 Å². The number of anilines is 2. The van der Waals surface area contributed by atoms with E-state index < -0.39 is 38.8 Å². The summed E-state index contributed by atoms with van der Waals surface area (Å²) in [6.45, 7) is 28.4. The summed E-state index contributed by atoms with van der Waals surface area (Å²) in [5.74, 6) is 0.113. The van der Waals surface area contributed by atoms with Crippen LogP contribution in [0.5, 0.6) is 11.5 Å². The Balaban J connectivity index is 0.000000153. The first kappa shape index (κ1) is 108. The summed E-state index contributed by atoms with van der Waals surface area (Å²) in [6, 6.07) is 21.8. The van der Waals surface area contributed by atoms with Crippen molar-refractivity contribution in [2.75, 3.05) is 142 Å². The molecule has 0 atom stereocenters. The van der Waals surface area contributed by atoms with Gasteiger partial charge >= 0.3 is 30.5 Å². The summed E-state index contributed by atoms with van der Waals surface area (Å²) in [5, 5.41) is 23.8. The van der Waals surface area contributed by atoms with Gasteiger partial charge in [-0.2, -0.15) is 0 Å². The zero-order valence-corrected chi connectivity index (χ0v) is 85.9. The minimum absolute atomic E-state index is 0.00764. The third-order valence-electron chi connectivity index (χ3n) is 22.9. The number of amides is 10. The molecule has 15 heterocycles. The van der Waals surface area contributed by atoms with E-state index in [2.05, 4.69) is 24.9 Å². The number of pyridine rings is 5. The maximum Gasteiger partial charge on any atom is 0.415 e. The van der Waals surface area contributed by atoms with Crippen LogP contribution in [0, 0.1) is 41.0 Å². The molecule has 0 spiro atoms. The van der Waals surface area contributed by atoms with Crippen LogP contribution in [0.3, 0.4) is 0 Å². The van der Waals surface area contributed by atoms with E-state index in [-0.39, 0.29) is 176 Å². The Morgan fingerprint density at radius 2 is 0.603 bits per heavy atom. The lowest BCUT2D eigenvalue weighted by Gasteiger charge is -2.35. The number of H-pyrrole nitrogens is 1. The monoisotopic (exact) mass is 2110 g/mol. The molecule has 0 bridgehead atoms. The van der Waals surface area contributed by atoms with Gasteiger partial charge in [0.25, 0.3) is 39.2 Å². The average Bonchev–Trinajstić information content (AvgIpc) is 1.65. The summed E-state index contributed by atoms with van der Waals surface area (Å²) in [6.07, 6.45) is 0.902. The Hall–Kier alpha value is -15.5. The van der Waals surface area contributed by atoms with E-state index in [4.69, 9.17) is 35.2 Å². The molecule has 10 aromatic heterocycles. The number of fused-ring (bicyclic) bond motifs is 5. The molecule has 0 aliphatic carbocycles. The van der Waals surface area contributed by atoms with Gasteiger partial charge in [-0.1, -0.05) is 0 Å². The summed E-state index contributed by atoms with van der Waals surface area (Å²) in [4.78, 5) is 256. The number of carbonyl (C=O) groups is 10. The standard InChI is InChI=1S/C20H20N6O6S.C19H17N5O6S.C18H25N5O4S.C18H24N4O5S.C17H22N4O4S/c1-12-10-15(21)22-18-17(12)19(28)25(33-18)11-16(27)23-6-8-24(9-7-23)20(29)32-14-4-2-13(3-5-14)26(30)31;25-16(12-23-18(26)15-2-1-7-20-17(15)31-23)21-8-10-22(11-9-21)19(27)30-14-5-3-13(4-6-14)24(28)29;1-11-9-12(19)20-15-14(11)16(25)23(28-15)10-13(24)21-5-7-22(8-6-21)17(26)27-18(2,3)4;1-11-9-12(23)19-15-14(11)16(25)22(28-15)10-13(24)20-5-7-21(8-6-20)17(26)27-18(2,3)4;1-17(2,3)25-16(24)20-9-7-19(8-10-20)13(22)11-21-15(23)12-5-4-6-18-14(12)26-21/h2-5,10H,6-9,11H2,1H3,(H2,21,22);1-7H,8-12H2;9H,5-8,10H2,1-4H3,(H2,19,20);9H,5-8,10H2,1-4H3,(H,19,23);4-6H,7-11H2,1-3H3. The minimum atomic E-state index is -0.601. The number of rotatable bonds is 14. The van der Waals surface area contributed by atoms with Gasteiger partial charge < -0.3 is 89.1 Å². The van der Waals surface area contributed by atoms with Crippen molar-refractivity contribution in [3.05, 3.63) is 202 Å². The fourth-order valence-electron chi connectivity index (χ4n) is 15.5. The average molecular weight is 2110 g/mol. The second kappa shape index (κ2) is 46.1. The number of aromatic amines is 1. The van der Waals surface area contributed by atoms with Crippen molar-refractivity contribution in [3.63, 3.8) is 0 Å². The number of benzene rings is 2. The molecule has 12 aromatic rings. The molecule has 5 aliphatic heterocycles. The predicted octanol–water partition coefficient (Wildman–Crippen LogP) is 7.41. The number of nitrogens with one attached hydrogen (secondary N) is 1. The SMILES string of the molecule is CC(C)(C)OC(=O)N1CCN(C(=O)Cn2sc3ncccc3c2=O)CC1.Cc1cc(=O)[nH]c2sn(CC(=O)N3CCN(C(=O)OC(C)(C)C)CC3)c(=O)c12.Cc1cc(N)nc2sn(CC(=O)N3CCN(C(=O)OC(C)(C)C)CC3)c(=O)c12.Cc1cc(N)nc2sn(CC(=O)N3CCN(C(=O)Oc4ccc([N+](=O)[O-])cc4)CC3)c(=O)c12.O=C(Cn1sc2ncccc2c1=O)N1CCN(C(=O)Oc2ccc([N+](=O)[O-])cc2)CC1. The number of hydrogen-bond donors (Lipinski definition) is 3. The normalized spacial score (nSPS) is 14.6. The van der Waals surface area contributed by atoms with Crippen LogP contribution < -0.4 is 54.3 Å². The zero-order chi connectivity index (χ0) is 106. The molecule has 5 fully saturated rings. The van der Waals surface area contributed by atoms with Gasteiger partial charge in [0.15, 0.2) is 0 Å². The quantitative estimate of drug-likeness (QED) is 0.0541. The number of carbonyl (C=O) groups excluding carboxylic acids is 10. The molecular weight excluding hydrogens is 2000 g/mol. The topological polar surface area (TPSA) is 582 Å². The van der Waals surface area contributed by atoms with Crippen LogP contribution in [0.2, 0.25) is 0 Å². The third kappa shape index (κ3) is 27.5. The van der Waals surface area contributed by atoms with Crippen molar-refractivity contribution in [1.82, 2.24) is 93.7 Å². The Kier molecular flexibility index (Phi) is 34.0. The number of non-ortho nitro benzene ring substituents is 2. The fraction of sp³-hybridized carbons (Fsp3) is 0.435. The largest absolute Gasteiger partial charge is 0.444 e.